The Morgan fingerprint density at radius 2 is 0.792 bits per heavy atom. The van der Waals surface area contributed by atoms with Crippen LogP contribution in [0.4, 0.5) is 0 Å². The second-order valence-electron chi connectivity index (χ2n) is 13.3. The Balaban J connectivity index is 1.17. The highest BCUT2D eigenvalue weighted by Crippen LogP contribution is 2.40. The van der Waals surface area contributed by atoms with E-state index in [2.05, 4.69) is 158 Å². The van der Waals surface area contributed by atoms with E-state index >= 15 is 0 Å². The molecule has 4 nitrogen and oxygen atoms in total. The number of benzene rings is 8. The Kier molecular flexibility index (Phi) is 7.43. The van der Waals surface area contributed by atoms with Crippen LogP contribution in [0.25, 0.3) is 100 Å². The molecule has 0 atom stereocenters. The molecule has 0 aliphatic heterocycles. The molecule has 0 saturated carbocycles. The fourth-order valence-electron chi connectivity index (χ4n) is 7.26. The Morgan fingerprint density at radius 1 is 0.302 bits per heavy atom. The minimum absolute atomic E-state index is 0.578. The summed E-state index contributed by atoms with van der Waals surface area (Å²) < 4.78 is 6.49. The molecule has 10 aromatic rings. The molecule has 0 radical (unpaired) electrons. The molecule has 0 saturated heterocycles. The van der Waals surface area contributed by atoms with Crippen LogP contribution in [0.2, 0.25) is 0 Å². The summed E-state index contributed by atoms with van der Waals surface area (Å²) in [7, 11) is 0. The quantitative estimate of drug-likeness (QED) is 0.176. The lowest BCUT2D eigenvalue weighted by Gasteiger charge is -2.12. The summed E-state index contributed by atoms with van der Waals surface area (Å²) >= 11 is 0. The number of fused-ring (bicyclic) bond motifs is 4. The van der Waals surface area contributed by atoms with Gasteiger partial charge in [-0.15, -0.1) is 0 Å². The largest absolute Gasteiger partial charge is 0.456 e. The van der Waals surface area contributed by atoms with Gasteiger partial charge in [-0.2, -0.15) is 0 Å². The fourth-order valence-corrected chi connectivity index (χ4v) is 7.26. The summed E-state index contributed by atoms with van der Waals surface area (Å²) in [5.41, 5.74) is 11.1. The average molecular weight is 678 g/mol. The lowest BCUT2D eigenvalue weighted by atomic mass is 9.96. The van der Waals surface area contributed by atoms with Crippen LogP contribution in [-0.4, -0.2) is 15.0 Å². The zero-order valence-electron chi connectivity index (χ0n) is 28.6. The van der Waals surface area contributed by atoms with Crippen molar-refractivity contribution in [2.75, 3.05) is 0 Å². The van der Waals surface area contributed by atoms with Gasteiger partial charge in [-0.3, -0.25) is 0 Å². The molecular formula is C49H31N3O. The first-order chi connectivity index (χ1) is 26.2. The Hall–Kier alpha value is -7.17. The van der Waals surface area contributed by atoms with Crippen LogP contribution in [0.1, 0.15) is 0 Å². The topological polar surface area (TPSA) is 51.8 Å². The van der Waals surface area contributed by atoms with Crippen molar-refractivity contribution in [3.8, 4) is 67.5 Å². The lowest BCUT2D eigenvalue weighted by molar-refractivity contribution is 0.669. The number of hydrogen-bond acceptors (Lipinski definition) is 4. The number of furan rings is 1. The number of rotatable bonds is 6. The molecule has 0 unspecified atom stereocenters. The van der Waals surface area contributed by atoms with E-state index in [-0.39, 0.29) is 0 Å². The molecule has 10 rings (SSSR count). The smallest absolute Gasteiger partial charge is 0.164 e. The monoisotopic (exact) mass is 677 g/mol. The van der Waals surface area contributed by atoms with Crippen LogP contribution in [0, 0.1) is 0 Å². The van der Waals surface area contributed by atoms with Crippen molar-refractivity contribution in [3.63, 3.8) is 0 Å². The van der Waals surface area contributed by atoms with E-state index in [1.165, 1.54) is 11.1 Å². The van der Waals surface area contributed by atoms with Gasteiger partial charge in [-0.25, -0.2) is 15.0 Å². The van der Waals surface area contributed by atoms with Crippen molar-refractivity contribution in [3.05, 3.63) is 188 Å². The van der Waals surface area contributed by atoms with Crippen molar-refractivity contribution < 1.29 is 4.42 Å². The third-order valence-corrected chi connectivity index (χ3v) is 9.89. The predicted octanol–water partition coefficient (Wildman–Crippen LogP) is 12.9. The molecular weight excluding hydrogens is 647 g/mol. The molecule has 0 bridgehead atoms. The van der Waals surface area contributed by atoms with Gasteiger partial charge < -0.3 is 4.42 Å². The Labute approximate surface area is 306 Å². The van der Waals surface area contributed by atoms with Gasteiger partial charge in [0.2, 0.25) is 0 Å². The van der Waals surface area contributed by atoms with E-state index in [0.29, 0.717) is 17.5 Å². The molecule has 0 amide bonds. The third-order valence-electron chi connectivity index (χ3n) is 9.89. The minimum Gasteiger partial charge on any atom is -0.456 e. The highest BCUT2D eigenvalue weighted by molar-refractivity contribution is 6.13. The zero-order chi connectivity index (χ0) is 35.1. The first-order valence-corrected chi connectivity index (χ1v) is 17.8. The molecule has 2 aromatic heterocycles. The average Bonchev–Trinajstić information content (AvgIpc) is 3.62. The van der Waals surface area contributed by atoms with Crippen molar-refractivity contribution >= 4 is 32.7 Å². The fraction of sp³-hybridized carbons (Fsp3) is 0. The number of aromatic nitrogens is 3. The zero-order valence-corrected chi connectivity index (χ0v) is 28.6. The normalized spacial score (nSPS) is 11.4. The van der Waals surface area contributed by atoms with Gasteiger partial charge in [-0.05, 0) is 80.6 Å². The summed E-state index contributed by atoms with van der Waals surface area (Å²) in [4.78, 5) is 15.5. The molecule has 0 N–H and O–H groups in total. The highest BCUT2D eigenvalue weighted by atomic mass is 16.3. The first-order valence-electron chi connectivity index (χ1n) is 17.8. The van der Waals surface area contributed by atoms with Crippen LogP contribution in [0.15, 0.2) is 192 Å². The summed E-state index contributed by atoms with van der Waals surface area (Å²) in [6.45, 7) is 0. The number of para-hydroxylation sites is 1. The molecule has 0 fully saturated rings. The maximum atomic E-state index is 6.49. The molecule has 0 spiro atoms. The molecule has 248 valence electrons. The standard InChI is InChI=1S/C49H31N3O/c1-4-13-32(14-5-1)35-19-12-20-39(28-35)47-50-48(40-26-25-37-27-36(23-24-38(37)29-40)33-15-6-2-7-16-33)52-49(51-47)41-30-43(34-17-8-3-9-18-34)46-42-21-10-11-22-44(42)53-45(46)31-41/h1-31H. The SMILES string of the molecule is c1ccc(-c2cccc(-c3nc(-c4ccc5cc(-c6ccccc6)ccc5c4)nc(-c4cc(-c5ccccc5)c5c(c4)oc4ccccc45)n3)c2)cc1. The van der Waals surface area contributed by atoms with Gasteiger partial charge >= 0.3 is 0 Å². The third kappa shape index (κ3) is 5.73. The van der Waals surface area contributed by atoms with E-state index in [1.807, 2.05) is 30.3 Å². The second-order valence-corrected chi connectivity index (χ2v) is 13.3. The first kappa shape index (κ1) is 30.6. The van der Waals surface area contributed by atoms with E-state index in [0.717, 1.165) is 71.7 Å². The molecule has 53 heavy (non-hydrogen) atoms. The lowest BCUT2D eigenvalue weighted by Crippen LogP contribution is -2.00. The van der Waals surface area contributed by atoms with Crippen LogP contribution in [-0.2, 0) is 0 Å². The van der Waals surface area contributed by atoms with E-state index in [4.69, 9.17) is 19.4 Å². The minimum atomic E-state index is 0.578. The van der Waals surface area contributed by atoms with E-state index < -0.39 is 0 Å². The van der Waals surface area contributed by atoms with Crippen molar-refractivity contribution in [1.82, 2.24) is 15.0 Å². The van der Waals surface area contributed by atoms with Gasteiger partial charge in [-0.1, -0.05) is 152 Å². The van der Waals surface area contributed by atoms with Gasteiger partial charge in [0.25, 0.3) is 0 Å². The van der Waals surface area contributed by atoms with Crippen molar-refractivity contribution in [2.45, 2.75) is 0 Å². The number of nitrogens with zero attached hydrogens (tertiary/aromatic N) is 3. The van der Waals surface area contributed by atoms with Crippen LogP contribution in [0.5, 0.6) is 0 Å². The summed E-state index contributed by atoms with van der Waals surface area (Å²) in [5.74, 6) is 1.79. The molecule has 0 aliphatic carbocycles. The predicted molar refractivity (Wildman–Crippen MR) is 217 cm³/mol. The Morgan fingerprint density at radius 3 is 1.47 bits per heavy atom. The summed E-state index contributed by atoms with van der Waals surface area (Å²) in [5, 5.41) is 4.43. The maximum absolute atomic E-state index is 6.49. The van der Waals surface area contributed by atoms with Gasteiger partial charge in [0.15, 0.2) is 17.5 Å². The summed E-state index contributed by atoms with van der Waals surface area (Å²) in [6.07, 6.45) is 0. The van der Waals surface area contributed by atoms with Gasteiger partial charge in [0.05, 0.1) is 0 Å². The van der Waals surface area contributed by atoms with Crippen molar-refractivity contribution in [2.24, 2.45) is 0 Å². The van der Waals surface area contributed by atoms with Crippen LogP contribution >= 0.6 is 0 Å². The highest BCUT2D eigenvalue weighted by Gasteiger charge is 2.19. The Bertz CT molecular complexity index is 2940. The summed E-state index contributed by atoms with van der Waals surface area (Å²) in [6, 6.07) is 65.2. The van der Waals surface area contributed by atoms with Crippen LogP contribution < -0.4 is 0 Å². The van der Waals surface area contributed by atoms with Gasteiger partial charge in [0, 0.05) is 27.5 Å². The number of hydrogen-bond donors (Lipinski definition) is 0. The van der Waals surface area contributed by atoms with Crippen molar-refractivity contribution in [1.29, 1.82) is 0 Å². The van der Waals surface area contributed by atoms with E-state index in [1.54, 1.807) is 0 Å². The van der Waals surface area contributed by atoms with Gasteiger partial charge in [0.1, 0.15) is 11.2 Å². The molecule has 8 aromatic carbocycles. The maximum Gasteiger partial charge on any atom is 0.164 e. The molecule has 2 heterocycles. The second kappa shape index (κ2) is 12.9. The molecule has 0 aliphatic rings. The van der Waals surface area contributed by atoms with E-state index in [9.17, 15) is 0 Å². The molecule has 4 heteroatoms. The van der Waals surface area contributed by atoms with Crippen LogP contribution in [0.3, 0.4) is 0 Å².